The van der Waals surface area contributed by atoms with Gasteiger partial charge in [0.2, 0.25) is 0 Å². The maximum atomic E-state index is 10.7. The van der Waals surface area contributed by atoms with Crippen molar-refractivity contribution in [3.8, 4) is 5.75 Å². The van der Waals surface area contributed by atoms with E-state index in [1.807, 2.05) is 6.07 Å². The number of phenols is 1. The van der Waals surface area contributed by atoms with Gasteiger partial charge in [-0.05, 0) is 0 Å². The molecule has 1 N–H and O–H groups in total. The van der Waals surface area contributed by atoms with Crippen LogP contribution >= 0.6 is 0 Å². The van der Waals surface area contributed by atoms with Crippen LogP contribution in [0.1, 0.15) is 5.56 Å². The first-order valence-corrected chi connectivity index (χ1v) is 6.75. The molecule has 84 valence electrons. The van der Waals surface area contributed by atoms with Crippen LogP contribution in [0.5, 0.6) is 5.75 Å². The molecule has 4 heteroatoms. The predicted molar refractivity (Wildman–Crippen MR) is 67.9 cm³/mol. The van der Waals surface area contributed by atoms with Crippen LogP contribution in [0.2, 0.25) is 0 Å². The number of aromatic hydroxyl groups is 1. The third-order valence-corrected chi connectivity index (χ3v) is 3.31. The number of aliphatic imine (C=N–C) groups is 1. The van der Waals surface area contributed by atoms with Gasteiger partial charge in [0, 0.05) is 0 Å². The zero-order chi connectivity index (χ0) is 12.1. The van der Waals surface area contributed by atoms with Gasteiger partial charge in [0.25, 0.3) is 0 Å². The Morgan fingerprint density at radius 2 is 1.76 bits per heavy atom. The van der Waals surface area contributed by atoms with Crippen molar-refractivity contribution in [1.29, 1.82) is 0 Å². The third kappa shape index (κ3) is 3.11. The summed E-state index contributed by atoms with van der Waals surface area (Å²) < 4.78 is 11.5. The molecule has 2 aromatic carbocycles. The Morgan fingerprint density at radius 3 is 2.41 bits per heavy atom. The van der Waals surface area contributed by atoms with Crippen LogP contribution in [0, 0.1) is 0 Å². The minimum atomic E-state index is -0.974. The fourth-order valence-electron chi connectivity index (χ4n) is 1.34. The summed E-state index contributed by atoms with van der Waals surface area (Å²) in [6.45, 7) is 0. The van der Waals surface area contributed by atoms with E-state index in [2.05, 4.69) is 4.99 Å². The van der Waals surface area contributed by atoms with Crippen molar-refractivity contribution in [2.75, 3.05) is 0 Å². The van der Waals surface area contributed by atoms with Gasteiger partial charge in [-0.2, -0.15) is 0 Å². The average Bonchev–Trinajstić information content (AvgIpc) is 2.38. The second kappa shape index (κ2) is 5.55. The zero-order valence-corrected chi connectivity index (χ0v) is 10.8. The summed E-state index contributed by atoms with van der Waals surface area (Å²) in [6.07, 6.45) is 1.61. The van der Waals surface area contributed by atoms with Crippen molar-refractivity contribution in [2.45, 2.75) is 0 Å². The Balaban J connectivity index is 2.20. The predicted octanol–water partition coefficient (Wildman–Crippen LogP) is 1.82. The molecule has 0 aromatic heterocycles. The van der Waals surface area contributed by atoms with Gasteiger partial charge in [-0.15, -0.1) is 0 Å². The average molecular weight is 287 g/mol. The maximum absolute atomic E-state index is 10.7. The van der Waals surface area contributed by atoms with Crippen molar-refractivity contribution in [2.24, 2.45) is 4.99 Å². The van der Waals surface area contributed by atoms with Gasteiger partial charge in [-0.3, -0.25) is 0 Å². The number of benzene rings is 2. The summed E-state index contributed by atoms with van der Waals surface area (Å²) >= 11 is -0.974. The number of phenolic OH excluding ortho intramolecular Hbond substituents is 1. The van der Waals surface area contributed by atoms with Crippen LogP contribution < -0.4 is 4.35 Å². The molecule has 0 aliphatic rings. The van der Waals surface area contributed by atoms with Crippen LogP contribution in [-0.2, 0) is 3.74 Å². The molecule has 0 atom stereocenters. The van der Waals surface area contributed by atoms with E-state index in [4.69, 9.17) is 0 Å². The summed E-state index contributed by atoms with van der Waals surface area (Å²) in [6, 6.07) is 14.2. The van der Waals surface area contributed by atoms with Gasteiger partial charge in [-0.1, -0.05) is 0 Å². The molecule has 0 bridgehead atoms. The Kier molecular flexibility index (Phi) is 3.84. The van der Waals surface area contributed by atoms with Crippen LogP contribution in [0.15, 0.2) is 53.5 Å². The summed E-state index contributed by atoms with van der Waals surface area (Å²) in [7, 11) is 0. The van der Waals surface area contributed by atoms with E-state index < -0.39 is 15.7 Å². The SMILES string of the molecule is O=[As]c1ccc(N=Cc2ccccc2O)cc1. The van der Waals surface area contributed by atoms with Crippen LogP contribution in [-0.4, -0.2) is 27.0 Å². The number of hydrogen-bond donors (Lipinski definition) is 1. The fourth-order valence-corrected chi connectivity index (χ4v) is 1.91. The van der Waals surface area contributed by atoms with E-state index >= 15 is 0 Å². The first-order chi connectivity index (χ1) is 8.29. The monoisotopic (exact) mass is 287 g/mol. The van der Waals surface area contributed by atoms with E-state index in [9.17, 15) is 8.85 Å². The normalized spacial score (nSPS) is 11.1. The summed E-state index contributed by atoms with van der Waals surface area (Å²) in [5, 5.41) is 9.54. The molecule has 0 saturated carbocycles. The zero-order valence-electron chi connectivity index (χ0n) is 8.95. The summed E-state index contributed by atoms with van der Waals surface area (Å²) in [5.74, 6) is 0.206. The molecule has 17 heavy (non-hydrogen) atoms. The van der Waals surface area contributed by atoms with Gasteiger partial charge >= 0.3 is 106 Å². The van der Waals surface area contributed by atoms with Gasteiger partial charge in [-0.25, -0.2) is 0 Å². The first kappa shape index (κ1) is 11.7. The minimum absolute atomic E-state index is 0.206. The van der Waals surface area contributed by atoms with E-state index in [0.29, 0.717) is 5.56 Å². The Morgan fingerprint density at radius 1 is 1.06 bits per heavy atom. The van der Waals surface area contributed by atoms with Crippen LogP contribution in [0.25, 0.3) is 0 Å². The second-order valence-electron chi connectivity index (χ2n) is 3.42. The fraction of sp³-hybridized carbons (Fsp3) is 0. The number of para-hydroxylation sites is 1. The summed E-state index contributed by atoms with van der Waals surface area (Å²) in [5.41, 5.74) is 1.44. The standard InChI is InChI=1S/C13H10AsNO2/c16-13-4-2-1-3-10(13)9-15-12-7-5-11(14-17)6-8-12/h1-9,16H. The molecule has 3 nitrogen and oxygen atoms in total. The third-order valence-electron chi connectivity index (χ3n) is 2.24. The second-order valence-corrected chi connectivity index (χ2v) is 4.89. The van der Waals surface area contributed by atoms with Gasteiger partial charge in [0.1, 0.15) is 0 Å². The number of hydrogen-bond acceptors (Lipinski definition) is 3. The molecular weight excluding hydrogens is 277 g/mol. The molecule has 0 saturated heterocycles. The van der Waals surface area contributed by atoms with Crippen LogP contribution in [0.4, 0.5) is 5.69 Å². The Hall–Kier alpha value is -1.73. The molecule has 0 heterocycles. The number of nitrogens with zero attached hydrogens (tertiary/aromatic N) is 1. The Labute approximate surface area is 106 Å². The van der Waals surface area contributed by atoms with Gasteiger partial charge in [0.15, 0.2) is 0 Å². The van der Waals surface area contributed by atoms with E-state index in [1.165, 1.54) is 0 Å². The molecule has 0 unspecified atom stereocenters. The summed E-state index contributed by atoms with van der Waals surface area (Å²) in [4.78, 5) is 4.24. The van der Waals surface area contributed by atoms with Gasteiger partial charge in [0.05, 0.1) is 0 Å². The molecule has 0 radical (unpaired) electrons. The molecule has 0 amide bonds. The van der Waals surface area contributed by atoms with Crippen molar-refractivity contribution >= 4 is 31.9 Å². The molecule has 0 fully saturated rings. The van der Waals surface area contributed by atoms with E-state index in [1.54, 1.807) is 48.7 Å². The molecule has 2 rings (SSSR count). The molecule has 2 aromatic rings. The van der Waals surface area contributed by atoms with Crippen molar-refractivity contribution in [3.63, 3.8) is 0 Å². The number of rotatable bonds is 3. The Bertz CT molecular complexity index is 550. The molecule has 0 spiro atoms. The van der Waals surface area contributed by atoms with Crippen molar-refractivity contribution in [1.82, 2.24) is 0 Å². The van der Waals surface area contributed by atoms with Crippen molar-refractivity contribution in [3.05, 3.63) is 54.1 Å². The quantitative estimate of drug-likeness (QED) is 0.691. The topological polar surface area (TPSA) is 49.7 Å². The van der Waals surface area contributed by atoms with Crippen molar-refractivity contribution < 1.29 is 8.85 Å². The molecule has 0 aliphatic heterocycles. The molecule has 0 aliphatic carbocycles. The van der Waals surface area contributed by atoms with Crippen LogP contribution in [0.3, 0.4) is 0 Å². The molecular formula is C13H10AsNO2. The first-order valence-electron chi connectivity index (χ1n) is 5.05. The van der Waals surface area contributed by atoms with Gasteiger partial charge < -0.3 is 0 Å². The van der Waals surface area contributed by atoms with E-state index in [0.717, 1.165) is 10.0 Å². The van der Waals surface area contributed by atoms with E-state index in [-0.39, 0.29) is 5.75 Å².